The van der Waals surface area contributed by atoms with Crippen molar-refractivity contribution in [3.05, 3.63) is 24.0 Å². The van der Waals surface area contributed by atoms with E-state index in [4.69, 9.17) is 5.73 Å². The van der Waals surface area contributed by atoms with E-state index in [1.165, 1.54) is 0 Å². The second-order valence-electron chi connectivity index (χ2n) is 2.31. The molecule has 0 amide bonds. The molecule has 0 bridgehead atoms. The van der Waals surface area contributed by atoms with E-state index in [-0.39, 0.29) is 5.75 Å². The largest absolute Gasteiger partial charge is 0.506 e. The number of nitrogens with zero attached hydrogens (tertiary/aromatic N) is 1. The monoisotopic (exact) mass is 184 g/mol. The highest BCUT2D eigenvalue weighted by atomic mass is 32.2. The Morgan fingerprint density at radius 1 is 1.58 bits per heavy atom. The summed E-state index contributed by atoms with van der Waals surface area (Å²) in [6.07, 6.45) is 1.68. The Labute approximate surface area is 76.0 Å². The molecule has 0 atom stereocenters. The van der Waals surface area contributed by atoms with Crippen LogP contribution in [0.4, 0.5) is 0 Å². The molecule has 0 unspecified atom stereocenters. The van der Waals surface area contributed by atoms with E-state index in [0.717, 1.165) is 17.2 Å². The van der Waals surface area contributed by atoms with Crippen LogP contribution in [-0.2, 0) is 5.75 Å². The molecule has 0 saturated heterocycles. The minimum atomic E-state index is 0.266. The summed E-state index contributed by atoms with van der Waals surface area (Å²) in [4.78, 5) is 4.04. The highest BCUT2D eigenvalue weighted by molar-refractivity contribution is 7.98. The summed E-state index contributed by atoms with van der Waals surface area (Å²) in [6, 6.07) is 3.36. The molecule has 1 heterocycles. The van der Waals surface area contributed by atoms with Crippen LogP contribution in [0.3, 0.4) is 0 Å². The van der Waals surface area contributed by atoms with E-state index >= 15 is 0 Å². The molecule has 0 aliphatic rings. The first kappa shape index (κ1) is 9.35. The molecule has 0 fully saturated rings. The minimum absolute atomic E-state index is 0.266. The third-order valence-corrected chi connectivity index (χ3v) is 2.37. The highest BCUT2D eigenvalue weighted by Gasteiger charge is 1.99. The van der Waals surface area contributed by atoms with Crippen LogP contribution in [0, 0.1) is 0 Å². The number of nitrogens with two attached hydrogens (primary N) is 1. The summed E-state index contributed by atoms with van der Waals surface area (Å²) >= 11 is 1.67. The lowest BCUT2D eigenvalue weighted by atomic mass is 10.3. The van der Waals surface area contributed by atoms with Gasteiger partial charge in [-0.15, -0.1) is 0 Å². The summed E-state index contributed by atoms with van der Waals surface area (Å²) in [7, 11) is 0. The van der Waals surface area contributed by atoms with Gasteiger partial charge in [-0.05, 0) is 12.1 Å². The quantitative estimate of drug-likeness (QED) is 0.685. The van der Waals surface area contributed by atoms with Crippen molar-refractivity contribution in [3.8, 4) is 5.75 Å². The van der Waals surface area contributed by atoms with Crippen molar-refractivity contribution < 1.29 is 5.11 Å². The van der Waals surface area contributed by atoms with E-state index in [9.17, 15) is 5.11 Å². The van der Waals surface area contributed by atoms with Crippen molar-refractivity contribution in [2.45, 2.75) is 5.75 Å². The Kier molecular flexibility index (Phi) is 3.90. The van der Waals surface area contributed by atoms with E-state index in [1.807, 2.05) is 0 Å². The molecule has 0 saturated carbocycles. The number of thioether (sulfide) groups is 1. The number of hydrogen-bond donors (Lipinski definition) is 2. The van der Waals surface area contributed by atoms with Gasteiger partial charge in [0.25, 0.3) is 0 Å². The summed E-state index contributed by atoms with van der Waals surface area (Å²) in [6.45, 7) is 0.665. The van der Waals surface area contributed by atoms with Crippen LogP contribution >= 0.6 is 11.8 Å². The van der Waals surface area contributed by atoms with Crippen LogP contribution in [0.5, 0.6) is 5.75 Å². The Morgan fingerprint density at radius 2 is 2.42 bits per heavy atom. The lowest BCUT2D eigenvalue weighted by molar-refractivity contribution is 0.467. The van der Waals surface area contributed by atoms with Gasteiger partial charge in [-0.25, -0.2) is 0 Å². The molecular formula is C8H12N2OS. The van der Waals surface area contributed by atoms with Gasteiger partial charge in [-0.1, -0.05) is 0 Å². The maximum absolute atomic E-state index is 9.30. The van der Waals surface area contributed by atoms with Gasteiger partial charge < -0.3 is 10.8 Å². The zero-order valence-corrected chi connectivity index (χ0v) is 7.55. The van der Waals surface area contributed by atoms with Crippen LogP contribution in [0.15, 0.2) is 18.3 Å². The first-order valence-electron chi connectivity index (χ1n) is 3.75. The second-order valence-corrected chi connectivity index (χ2v) is 3.42. The first-order valence-corrected chi connectivity index (χ1v) is 4.90. The van der Waals surface area contributed by atoms with Crippen LogP contribution in [-0.4, -0.2) is 22.4 Å². The van der Waals surface area contributed by atoms with E-state index in [2.05, 4.69) is 4.98 Å². The molecule has 66 valence electrons. The van der Waals surface area contributed by atoms with Crippen molar-refractivity contribution in [2.75, 3.05) is 12.3 Å². The van der Waals surface area contributed by atoms with Gasteiger partial charge in [0.2, 0.25) is 0 Å². The predicted octanol–water partition coefficient (Wildman–Crippen LogP) is 0.979. The zero-order chi connectivity index (χ0) is 8.81. The normalized spacial score (nSPS) is 10.1. The molecule has 12 heavy (non-hydrogen) atoms. The van der Waals surface area contributed by atoms with Gasteiger partial charge in [0.05, 0.1) is 5.69 Å². The molecule has 0 radical (unpaired) electrons. The summed E-state index contributed by atoms with van der Waals surface area (Å²) in [5, 5.41) is 9.30. The highest BCUT2D eigenvalue weighted by Crippen LogP contribution is 2.18. The van der Waals surface area contributed by atoms with Gasteiger partial charge in [0, 0.05) is 24.2 Å². The first-order chi connectivity index (χ1) is 5.84. The molecule has 1 aromatic rings. The maximum Gasteiger partial charge on any atom is 0.137 e. The number of aromatic nitrogens is 1. The molecular weight excluding hydrogens is 172 g/mol. The molecule has 0 aromatic carbocycles. The topological polar surface area (TPSA) is 59.1 Å². The Hall–Kier alpha value is -0.740. The predicted molar refractivity (Wildman–Crippen MR) is 51.1 cm³/mol. The van der Waals surface area contributed by atoms with Crippen molar-refractivity contribution in [3.63, 3.8) is 0 Å². The van der Waals surface area contributed by atoms with E-state index < -0.39 is 0 Å². The molecule has 1 aromatic heterocycles. The van der Waals surface area contributed by atoms with Gasteiger partial charge >= 0.3 is 0 Å². The third kappa shape index (κ3) is 2.71. The molecule has 0 aliphatic heterocycles. The fourth-order valence-electron chi connectivity index (χ4n) is 0.793. The Morgan fingerprint density at radius 3 is 3.08 bits per heavy atom. The third-order valence-electron chi connectivity index (χ3n) is 1.37. The van der Waals surface area contributed by atoms with Crippen LogP contribution in [0.1, 0.15) is 5.69 Å². The summed E-state index contributed by atoms with van der Waals surface area (Å²) in [5.41, 5.74) is 6.06. The average Bonchev–Trinajstić information content (AvgIpc) is 2.09. The average molecular weight is 184 g/mol. The second kappa shape index (κ2) is 5.00. The zero-order valence-electron chi connectivity index (χ0n) is 6.73. The number of rotatable bonds is 4. The van der Waals surface area contributed by atoms with Crippen LogP contribution in [0.2, 0.25) is 0 Å². The minimum Gasteiger partial charge on any atom is -0.506 e. The molecule has 1 rings (SSSR count). The van der Waals surface area contributed by atoms with Gasteiger partial charge in [-0.2, -0.15) is 11.8 Å². The molecule has 0 aliphatic carbocycles. The summed E-state index contributed by atoms with van der Waals surface area (Å²) < 4.78 is 0. The summed E-state index contributed by atoms with van der Waals surface area (Å²) in [5.74, 6) is 1.89. The Balaban J connectivity index is 2.46. The Bertz CT molecular complexity index is 242. The molecule has 0 spiro atoms. The van der Waals surface area contributed by atoms with Gasteiger partial charge in [0.1, 0.15) is 5.75 Å². The SMILES string of the molecule is NCCSCc1ncccc1O. The van der Waals surface area contributed by atoms with Crippen LogP contribution < -0.4 is 5.73 Å². The maximum atomic E-state index is 9.30. The molecule has 3 N–H and O–H groups in total. The molecule has 4 heteroatoms. The standard InChI is InChI=1S/C8H12N2OS/c9-3-5-12-6-7-8(11)2-1-4-10-7/h1-2,4,11H,3,5-6,9H2. The van der Waals surface area contributed by atoms with Crippen LogP contribution in [0.25, 0.3) is 0 Å². The lowest BCUT2D eigenvalue weighted by Crippen LogP contribution is -2.01. The van der Waals surface area contributed by atoms with Crippen molar-refractivity contribution in [1.29, 1.82) is 0 Å². The molecule has 3 nitrogen and oxygen atoms in total. The van der Waals surface area contributed by atoms with Gasteiger partial charge in [0.15, 0.2) is 0 Å². The van der Waals surface area contributed by atoms with Crippen molar-refractivity contribution in [2.24, 2.45) is 5.73 Å². The fourth-order valence-corrected chi connectivity index (χ4v) is 1.52. The number of aromatic hydroxyl groups is 1. The number of pyridine rings is 1. The smallest absolute Gasteiger partial charge is 0.137 e. The van der Waals surface area contributed by atoms with E-state index in [1.54, 1.807) is 30.1 Å². The van der Waals surface area contributed by atoms with E-state index in [0.29, 0.717) is 6.54 Å². The lowest BCUT2D eigenvalue weighted by Gasteiger charge is -2.01. The van der Waals surface area contributed by atoms with Gasteiger partial charge in [-0.3, -0.25) is 4.98 Å². The fraction of sp³-hybridized carbons (Fsp3) is 0.375. The number of hydrogen-bond acceptors (Lipinski definition) is 4. The van der Waals surface area contributed by atoms with Crippen molar-refractivity contribution in [1.82, 2.24) is 4.98 Å². The van der Waals surface area contributed by atoms with Crippen molar-refractivity contribution >= 4 is 11.8 Å².